The molecule has 12 heavy (non-hydrogen) atoms. The van der Waals surface area contributed by atoms with Crippen LogP contribution in [0.15, 0.2) is 0 Å². The van der Waals surface area contributed by atoms with Crippen molar-refractivity contribution in [1.82, 2.24) is 5.32 Å². The molecule has 66 valence electrons. The largest absolute Gasteiger partial charge is 0.481 e. The highest BCUT2D eigenvalue weighted by atomic mass is 16.4. The van der Waals surface area contributed by atoms with E-state index in [-0.39, 0.29) is 6.54 Å². The van der Waals surface area contributed by atoms with Crippen molar-refractivity contribution in [3.8, 4) is 0 Å². The third-order valence-corrected chi connectivity index (χ3v) is 1.71. The van der Waals surface area contributed by atoms with Gasteiger partial charge >= 0.3 is 11.9 Å². The Labute approximate surface area is 67.2 Å². The summed E-state index contributed by atoms with van der Waals surface area (Å²) >= 11 is 0. The highest BCUT2D eigenvalue weighted by molar-refractivity contribution is 6.06. The van der Waals surface area contributed by atoms with Gasteiger partial charge < -0.3 is 10.2 Å². The van der Waals surface area contributed by atoms with E-state index in [4.69, 9.17) is 10.2 Å². The van der Waals surface area contributed by atoms with Crippen LogP contribution in [-0.4, -0.2) is 40.5 Å². The number of nitrogens with one attached hydrogen (secondary N) is 1. The monoisotopic (exact) mass is 173 g/mol. The predicted octanol–water partition coefficient (Wildman–Crippen LogP) is -1.69. The van der Waals surface area contributed by atoms with Gasteiger partial charge in [-0.15, -0.1) is 0 Å². The van der Waals surface area contributed by atoms with E-state index in [0.717, 1.165) is 0 Å². The van der Waals surface area contributed by atoms with Crippen LogP contribution in [-0.2, 0) is 14.4 Å². The molecule has 6 heteroatoms. The summed E-state index contributed by atoms with van der Waals surface area (Å²) in [6.45, 7) is -0.187. The van der Waals surface area contributed by atoms with Gasteiger partial charge in [0.1, 0.15) is 12.0 Å². The van der Waals surface area contributed by atoms with Crippen LogP contribution in [0.5, 0.6) is 0 Å². The molecule has 1 aliphatic heterocycles. The lowest BCUT2D eigenvalue weighted by Crippen LogP contribution is -2.39. The summed E-state index contributed by atoms with van der Waals surface area (Å²) in [7, 11) is 0. The van der Waals surface area contributed by atoms with Crippen LogP contribution in [0, 0.1) is 5.92 Å². The summed E-state index contributed by atoms with van der Waals surface area (Å²) in [6.07, 6.45) is 0. The Balaban J connectivity index is 2.84. The number of ketones is 1. The van der Waals surface area contributed by atoms with Crippen LogP contribution in [0.3, 0.4) is 0 Å². The zero-order valence-electron chi connectivity index (χ0n) is 5.98. The van der Waals surface area contributed by atoms with Crippen LogP contribution in [0.25, 0.3) is 0 Å². The molecule has 2 unspecified atom stereocenters. The number of carbonyl (C=O) groups is 3. The molecule has 0 aromatic rings. The number of hydrogen-bond donors (Lipinski definition) is 3. The summed E-state index contributed by atoms with van der Waals surface area (Å²) in [6, 6.07) is -1.28. The van der Waals surface area contributed by atoms with Gasteiger partial charge in [-0.05, 0) is 0 Å². The van der Waals surface area contributed by atoms with Crippen LogP contribution < -0.4 is 5.32 Å². The highest BCUT2D eigenvalue weighted by Gasteiger charge is 2.43. The van der Waals surface area contributed by atoms with Gasteiger partial charge in [0, 0.05) is 0 Å². The molecular formula is C6H7NO5. The first-order chi connectivity index (χ1) is 5.54. The fourth-order valence-corrected chi connectivity index (χ4v) is 1.13. The fourth-order valence-electron chi connectivity index (χ4n) is 1.13. The second kappa shape index (κ2) is 2.90. The van der Waals surface area contributed by atoms with Crippen molar-refractivity contribution < 1.29 is 24.6 Å². The van der Waals surface area contributed by atoms with E-state index in [1.165, 1.54) is 0 Å². The van der Waals surface area contributed by atoms with Crippen LogP contribution >= 0.6 is 0 Å². The van der Waals surface area contributed by atoms with Gasteiger partial charge in [-0.2, -0.15) is 0 Å². The van der Waals surface area contributed by atoms with E-state index in [0.29, 0.717) is 0 Å². The first kappa shape index (κ1) is 8.66. The SMILES string of the molecule is O=C(O)C1NCC(=O)C1C(=O)O. The molecule has 0 saturated carbocycles. The Morgan fingerprint density at radius 3 is 2.25 bits per heavy atom. The molecule has 2 atom stereocenters. The third kappa shape index (κ3) is 1.28. The van der Waals surface area contributed by atoms with E-state index in [2.05, 4.69) is 5.32 Å². The summed E-state index contributed by atoms with van der Waals surface area (Å²) < 4.78 is 0. The minimum atomic E-state index is -1.44. The highest BCUT2D eigenvalue weighted by Crippen LogP contribution is 2.12. The number of carboxylic acid groups (broad SMARTS) is 2. The quantitative estimate of drug-likeness (QED) is 0.430. The van der Waals surface area contributed by atoms with Crippen LogP contribution in [0.1, 0.15) is 0 Å². The Kier molecular flexibility index (Phi) is 2.09. The van der Waals surface area contributed by atoms with Gasteiger partial charge in [0.05, 0.1) is 6.54 Å². The number of hydrogen-bond acceptors (Lipinski definition) is 4. The molecule has 0 aliphatic carbocycles. The zero-order chi connectivity index (χ0) is 9.30. The second-order valence-corrected chi connectivity index (χ2v) is 2.48. The number of aliphatic carboxylic acids is 2. The molecule has 0 radical (unpaired) electrons. The normalized spacial score (nSPS) is 28.8. The van der Waals surface area contributed by atoms with Crippen molar-refractivity contribution in [2.24, 2.45) is 5.92 Å². The Morgan fingerprint density at radius 1 is 1.33 bits per heavy atom. The third-order valence-electron chi connectivity index (χ3n) is 1.71. The molecule has 1 rings (SSSR count). The van der Waals surface area contributed by atoms with Gasteiger partial charge in [0.15, 0.2) is 5.78 Å². The van der Waals surface area contributed by atoms with Crippen LogP contribution in [0.2, 0.25) is 0 Å². The first-order valence-corrected chi connectivity index (χ1v) is 3.25. The Bertz CT molecular complexity index is 248. The van der Waals surface area contributed by atoms with Gasteiger partial charge in [-0.1, -0.05) is 0 Å². The van der Waals surface area contributed by atoms with Crippen molar-refractivity contribution in [3.05, 3.63) is 0 Å². The van der Waals surface area contributed by atoms with Crippen LogP contribution in [0.4, 0.5) is 0 Å². The molecule has 0 bridgehead atoms. The van der Waals surface area contributed by atoms with Gasteiger partial charge in [-0.25, -0.2) is 0 Å². The van der Waals surface area contributed by atoms with E-state index < -0.39 is 29.7 Å². The molecule has 0 spiro atoms. The van der Waals surface area contributed by atoms with E-state index >= 15 is 0 Å². The first-order valence-electron chi connectivity index (χ1n) is 3.25. The summed E-state index contributed by atoms with van der Waals surface area (Å²) in [5.41, 5.74) is 0. The Morgan fingerprint density at radius 2 is 1.92 bits per heavy atom. The van der Waals surface area contributed by atoms with Crippen molar-refractivity contribution in [1.29, 1.82) is 0 Å². The average Bonchev–Trinajstić information content (AvgIpc) is 2.30. The Hall–Kier alpha value is -1.43. The van der Waals surface area contributed by atoms with Gasteiger partial charge in [-0.3, -0.25) is 19.7 Å². The predicted molar refractivity (Wildman–Crippen MR) is 35.6 cm³/mol. The average molecular weight is 173 g/mol. The molecule has 6 nitrogen and oxygen atoms in total. The maximum atomic E-state index is 10.8. The topological polar surface area (TPSA) is 104 Å². The minimum Gasteiger partial charge on any atom is -0.481 e. The fraction of sp³-hybridized carbons (Fsp3) is 0.500. The number of Topliss-reactive ketones (excluding diaryl/α,β-unsaturated/α-hetero) is 1. The zero-order valence-corrected chi connectivity index (χ0v) is 5.98. The standard InChI is InChI=1S/C6H7NO5/c8-2-1-7-4(6(11)12)3(2)5(9)10/h3-4,7H,1H2,(H,9,10)(H,11,12). The lowest BCUT2D eigenvalue weighted by Gasteiger charge is -2.07. The minimum absolute atomic E-state index is 0.187. The maximum Gasteiger partial charge on any atom is 0.322 e. The van der Waals surface area contributed by atoms with Crippen molar-refractivity contribution >= 4 is 17.7 Å². The molecular weight excluding hydrogens is 166 g/mol. The van der Waals surface area contributed by atoms with Crippen molar-refractivity contribution in [3.63, 3.8) is 0 Å². The molecule has 1 heterocycles. The molecule has 0 amide bonds. The molecule has 1 fully saturated rings. The van der Waals surface area contributed by atoms with Crippen molar-refractivity contribution in [2.75, 3.05) is 6.54 Å². The van der Waals surface area contributed by atoms with E-state index in [9.17, 15) is 14.4 Å². The molecule has 3 N–H and O–H groups in total. The second-order valence-electron chi connectivity index (χ2n) is 2.48. The lowest BCUT2D eigenvalue weighted by molar-refractivity contribution is -0.151. The van der Waals surface area contributed by atoms with Gasteiger partial charge in [0.2, 0.25) is 0 Å². The van der Waals surface area contributed by atoms with Gasteiger partial charge in [0.25, 0.3) is 0 Å². The lowest BCUT2D eigenvalue weighted by atomic mass is 10.0. The number of carboxylic acids is 2. The summed E-state index contributed by atoms with van der Waals surface area (Å²) in [5.74, 6) is -4.73. The number of carbonyl (C=O) groups excluding carboxylic acids is 1. The smallest absolute Gasteiger partial charge is 0.322 e. The molecule has 0 aromatic heterocycles. The van der Waals surface area contributed by atoms with Crippen molar-refractivity contribution in [2.45, 2.75) is 6.04 Å². The number of rotatable bonds is 2. The summed E-state index contributed by atoms with van der Waals surface area (Å²) in [4.78, 5) is 31.6. The molecule has 0 aromatic carbocycles. The maximum absolute atomic E-state index is 10.8. The summed E-state index contributed by atoms with van der Waals surface area (Å²) in [5, 5.41) is 19.3. The molecule has 1 aliphatic rings. The molecule has 1 saturated heterocycles. The van der Waals surface area contributed by atoms with E-state index in [1.807, 2.05) is 0 Å². The van der Waals surface area contributed by atoms with E-state index in [1.54, 1.807) is 0 Å².